The lowest BCUT2D eigenvalue weighted by molar-refractivity contribution is 0.247. The van der Waals surface area contributed by atoms with E-state index in [2.05, 4.69) is 52.5 Å². The molecule has 1 aromatic carbocycles. The maximum Gasteiger partial charge on any atom is 0.0555 e. The highest BCUT2D eigenvalue weighted by Gasteiger charge is 2.17. The van der Waals surface area contributed by atoms with Gasteiger partial charge in [-0.2, -0.15) is 0 Å². The van der Waals surface area contributed by atoms with Gasteiger partial charge in [0.15, 0.2) is 0 Å². The Morgan fingerprint density at radius 3 is 2.90 bits per heavy atom. The summed E-state index contributed by atoms with van der Waals surface area (Å²) in [5.74, 6) is 6.12. The van der Waals surface area contributed by atoms with E-state index in [1.54, 1.807) is 11.3 Å². The molecule has 0 saturated heterocycles. The van der Waals surface area contributed by atoms with Crippen molar-refractivity contribution >= 4 is 11.3 Å². The van der Waals surface area contributed by atoms with Gasteiger partial charge in [0.1, 0.15) is 0 Å². The summed E-state index contributed by atoms with van der Waals surface area (Å²) in [7, 11) is 0. The second kappa shape index (κ2) is 6.23. The van der Waals surface area contributed by atoms with E-state index in [0.29, 0.717) is 6.54 Å². The average molecular weight is 282 g/mol. The Hall–Kier alpha value is -1.60. The molecule has 1 aliphatic rings. The Bertz CT molecular complexity index is 648. The van der Waals surface area contributed by atoms with Crippen LogP contribution in [-0.2, 0) is 19.5 Å². The zero-order chi connectivity index (χ0) is 13.8. The van der Waals surface area contributed by atoms with E-state index in [-0.39, 0.29) is 0 Å². The summed E-state index contributed by atoms with van der Waals surface area (Å²) in [4.78, 5) is 3.85. The van der Waals surface area contributed by atoms with Gasteiger partial charge in [0, 0.05) is 30.1 Å². The molecule has 0 bridgehead atoms. The number of nitrogens with two attached hydrogens (primary N) is 1. The lowest BCUT2D eigenvalue weighted by Crippen LogP contribution is -2.29. The highest BCUT2D eigenvalue weighted by molar-refractivity contribution is 7.10. The molecule has 1 aliphatic heterocycles. The summed E-state index contributed by atoms with van der Waals surface area (Å²) in [6.45, 7) is 3.57. The summed E-state index contributed by atoms with van der Waals surface area (Å²) >= 11 is 1.79. The maximum absolute atomic E-state index is 5.45. The van der Waals surface area contributed by atoms with E-state index in [1.165, 1.54) is 16.0 Å². The van der Waals surface area contributed by atoms with Crippen molar-refractivity contribution in [3.63, 3.8) is 0 Å². The van der Waals surface area contributed by atoms with Gasteiger partial charge >= 0.3 is 0 Å². The Kier molecular flexibility index (Phi) is 4.17. The van der Waals surface area contributed by atoms with Crippen molar-refractivity contribution < 1.29 is 0 Å². The number of thiophene rings is 1. The van der Waals surface area contributed by atoms with Crippen molar-refractivity contribution in [3.05, 3.63) is 57.3 Å². The van der Waals surface area contributed by atoms with E-state index in [0.717, 1.165) is 31.6 Å². The van der Waals surface area contributed by atoms with Crippen LogP contribution in [0.3, 0.4) is 0 Å². The quantitative estimate of drug-likeness (QED) is 0.858. The molecule has 0 atom stereocenters. The SMILES string of the molecule is NCC#Cc1ccsc1CN1CCc2ccccc2C1. The Morgan fingerprint density at radius 1 is 1.20 bits per heavy atom. The predicted octanol–water partition coefficient (Wildman–Crippen LogP) is 2.62. The Morgan fingerprint density at radius 2 is 2.05 bits per heavy atom. The number of nitrogens with zero attached hydrogens (tertiary/aromatic N) is 1. The van der Waals surface area contributed by atoms with Crippen molar-refractivity contribution in [2.75, 3.05) is 13.1 Å². The molecule has 2 heterocycles. The topological polar surface area (TPSA) is 29.3 Å². The summed E-state index contributed by atoms with van der Waals surface area (Å²) in [5.41, 5.74) is 9.55. The minimum absolute atomic E-state index is 0.423. The van der Waals surface area contributed by atoms with Crippen molar-refractivity contribution in [2.24, 2.45) is 5.73 Å². The summed E-state index contributed by atoms with van der Waals surface area (Å²) in [5, 5.41) is 2.12. The fourth-order valence-electron chi connectivity index (χ4n) is 2.61. The van der Waals surface area contributed by atoms with Gasteiger partial charge in [-0.25, -0.2) is 0 Å². The van der Waals surface area contributed by atoms with Crippen LogP contribution in [0.1, 0.15) is 21.6 Å². The minimum atomic E-state index is 0.423. The van der Waals surface area contributed by atoms with Crippen molar-refractivity contribution in [3.8, 4) is 11.8 Å². The van der Waals surface area contributed by atoms with E-state index in [9.17, 15) is 0 Å². The van der Waals surface area contributed by atoms with Gasteiger partial charge in [-0.1, -0.05) is 36.1 Å². The van der Waals surface area contributed by atoms with E-state index < -0.39 is 0 Å². The largest absolute Gasteiger partial charge is 0.320 e. The van der Waals surface area contributed by atoms with Crippen molar-refractivity contribution in [1.82, 2.24) is 4.90 Å². The lowest BCUT2D eigenvalue weighted by atomic mass is 10.00. The van der Waals surface area contributed by atoms with Crippen LogP contribution in [0.15, 0.2) is 35.7 Å². The van der Waals surface area contributed by atoms with Crippen LogP contribution in [-0.4, -0.2) is 18.0 Å². The molecule has 0 unspecified atom stereocenters. The third kappa shape index (κ3) is 2.94. The molecule has 0 fully saturated rings. The molecular formula is C17H18N2S. The second-order valence-electron chi connectivity index (χ2n) is 4.99. The van der Waals surface area contributed by atoms with Crippen LogP contribution in [0.4, 0.5) is 0 Å². The number of benzene rings is 1. The Balaban J connectivity index is 1.72. The first-order valence-electron chi connectivity index (χ1n) is 6.91. The van der Waals surface area contributed by atoms with Crippen molar-refractivity contribution in [2.45, 2.75) is 19.5 Å². The molecule has 3 rings (SSSR count). The Labute approximate surface area is 124 Å². The summed E-state index contributed by atoms with van der Waals surface area (Å²) in [6, 6.07) is 10.8. The number of hydrogen-bond acceptors (Lipinski definition) is 3. The van der Waals surface area contributed by atoms with E-state index >= 15 is 0 Å². The predicted molar refractivity (Wildman–Crippen MR) is 84.5 cm³/mol. The number of hydrogen-bond donors (Lipinski definition) is 1. The summed E-state index contributed by atoms with van der Waals surface area (Å²) in [6.07, 6.45) is 1.14. The molecule has 102 valence electrons. The molecule has 0 saturated carbocycles. The van der Waals surface area contributed by atoms with Gasteiger partial charge in [-0.15, -0.1) is 11.3 Å². The molecule has 0 spiro atoms. The standard InChI is InChI=1S/C17H18N2S/c18-9-3-6-15-8-11-20-17(15)13-19-10-7-14-4-1-2-5-16(14)12-19/h1-2,4-5,8,11H,7,9-10,12-13,18H2. The first-order chi connectivity index (χ1) is 9.86. The lowest BCUT2D eigenvalue weighted by Gasteiger charge is -2.28. The molecule has 0 amide bonds. The monoisotopic (exact) mass is 282 g/mol. The molecule has 0 aliphatic carbocycles. The van der Waals surface area contributed by atoms with Crippen LogP contribution in [0.25, 0.3) is 0 Å². The van der Waals surface area contributed by atoms with Crippen LogP contribution in [0.2, 0.25) is 0 Å². The molecule has 20 heavy (non-hydrogen) atoms. The first-order valence-corrected chi connectivity index (χ1v) is 7.79. The highest BCUT2D eigenvalue weighted by Crippen LogP contribution is 2.23. The average Bonchev–Trinajstić information content (AvgIpc) is 2.92. The minimum Gasteiger partial charge on any atom is -0.320 e. The van der Waals surface area contributed by atoms with Crippen molar-refractivity contribution in [1.29, 1.82) is 0 Å². The summed E-state index contributed by atoms with van der Waals surface area (Å²) < 4.78 is 0. The van der Waals surface area contributed by atoms with E-state index in [1.807, 2.05) is 0 Å². The molecule has 2 aromatic rings. The molecule has 2 N–H and O–H groups in total. The third-order valence-corrected chi connectivity index (χ3v) is 4.55. The van der Waals surface area contributed by atoms with Crippen LogP contribution in [0.5, 0.6) is 0 Å². The van der Waals surface area contributed by atoms with Crippen LogP contribution >= 0.6 is 11.3 Å². The van der Waals surface area contributed by atoms with Gasteiger partial charge in [-0.05, 0) is 29.0 Å². The van der Waals surface area contributed by atoms with E-state index in [4.69, 9.17) is 5.73 Å². The van der Waals surface area contributed by atoms with Crippen LogP contribution < -0.4 is 5.73 Å². The van der Waals surface area contributed by atoms with Gasteiger partial charge in [-0.3, -0.25) is 4.90 Å². The van der Waals surface area contributed by atoms with Gasteiger partial charge < -0.3 is 5.73 Å². The maximum atomic E-state index is 5.45. The highest BCUT2D eigenvalue weighted by atomic mass is 32.1. The molecule has 0 radical (unpaired) electrons. The van der Waals surface area contributed by atoms with Gasteiger partial charge in [0.25, 0.3) is 0 Å². The number of fused-ring (bicyclic) bond motifs is 1. The zero-order valence-corrected chi connectivity index (χ0v) is 12.2. The molecule has 1 aromatic heterocycles. The first kappa shape index (κ1) is 13.4. The zero-order valence-electron chi connectivity index (χ0n) is 11.4. The number of rotatable bonds is 2. The smallest absolute Gasteiger partial charge is 0.0555 e. The molecular weight excluding hydrogens is 264 g/mol. The third-order valence-electron chi connectivity index (χ3n) is 3.65. The fraction of sp³-hybridized carbons (Fsp3) is 0.294. The van der Waals surface area contributed by atoms with Gasteiger partial charge in [0.2, 0.25) is 0 Å². The fourth-order valence-corrected chi connectivity index (χ4v) is 3.48. The van der Waals surface area contributed by atoms with Gasteiger partial charge in [0.05, 0.1) is 6.54 Å². The molecule has 2 nitrogen and oxygen atoms in total. The second-order valence-corrected chi connectivity index (χ2v) is 5.99. The normalized spacial score (nSPS) is 14.4. The molecule has 3 heteroatoms. The van der Waals surface area contributed by atoms with Crippen LogP contribution in [0, 0.1) is 11.8 Å².